The van der Waals surface area contributed by atoms with Gasteiger partial charge >= 0.3 is 0 Å². The molecule has 3 rings (SSSR count). The number of benzene rings is 2. The number of carbonyl (C=O) groups is 2. The molecule has 1 fully saturated rings. The third-order valence-corrected chi connectivity index (χ3v) is 5.59. The first-order chi connectivity index (χ1) is 14.0. The van der Waals surface area contributed by atoms with Gasteiger partial charge in [-0.15, -0.1) is 0 Å². The van der Waals surface area contributed by atoms with Gasteiger partial charge in [0, 0.05) is 31.4 Å². The van der Waals surface area contributed by atoms with Gasteiger partial charge in [-0.2, -0.15) is 0 Å². The van der Waals surface area contributed by atoms with Gasteiger partial charge in [-0.25, -0.2) is 0 Å². The number of hydrogen-bond donors (Lipinski definition) is 2. The molecule has 1 aliphatic heterocycles. The highest BCUT2D eigenvalue weighted by Crippen LogP contribution is 2.41. The van der Waals surface area contributed by atoms with Gasteiger partial charge in [0.1, 0.15) is 5.75 Å². The molecule has 6 nitrogen and oxygen atoms in total. The molecule has 0 saturated carbocycles. The number of aliphatic hydroxyl groups excluding tert-OH is 1. The number of amides is 2. The van der Waals surface area contributed by atoms with Crippen molar-refractivity contribution in [3.8, 4) is 16.9 Å². The number of para-hydroxylation sites is 1. The Hall–Kier alpha value is -2.86. The average molecular weight is 396 g/mol. The zero-order chi connectivity index (χ0) is 21.0. The summed E-state index contributed by atoms with van der Waals surface area (Å²) in [6.07, 6.45) is 0.368. The van der Waals surface area contributed by atoms with Gasteiger partial charge in [-0.1, -0.05) is 49.4 Å². The number of nitrogens with zero attached hydrogens (tertiary/aromatic N) is 1. The first-order valence-corrected chi connectivity index (χ1v) is 9.91. The van der Waals surface area contributed by atoms with E-state index >= 15 is 0 Å². The van der Waals surface area contributed by atoms with E-state index in [9.17, 15) is 14.7 Å². The molecule has 0 unspecified atom stereocenters. The van der Waals surface area contributed by atoms with Crippen LogP contribution >= 0.6 is 0 Å². The molecule has 0 aromatic heterocycles. The summed E-state index contributed by atoms with van der Waals surface area (Å²) in [5, 5.41) is 12.8. The number of hydrogen-bond acceptors (Lipinski definition) is 4. The van der Waals surface area contributed by atoms with Gasteiger partial charge < -0.3 is 20.1 Å². The minimum Gasteiger partial charge on any atom is -0.496 e. The number of aliphatic hydroxyl groups is 1. The zero-order valence-electron chi connectivity index (χ0n) is 17.1. The van der Waals surface area contributed by atoms with Crippen LogP contribution in [0.25, 0.3) is 11.1 Å². The summed E-state index contributed by atoms with van der Waals surface area (Å²) in [4.78, 5) is 25.5. The van der Waals surface area contributed by atoms with Crippen LogP contribution in [0.3, 0.4) is 0 Å². The first kappa shape index (κ1) is 20.9. The van der Waals surface area contributed by atoms with E-state index in [1.807, 2.05) is 55.5 Å². The molecular weight excluding hydrogens is 368 g/mol. The maximum atomic E-state index is 12.4. The lowest BCUT2D eigenvalue weighted by atomic mass is 9.74. The molecule has 1 aliphatic rings. The van der Waals surface area contributed by atoms with Crippen LogP contribution in [-0.2, 0) is 9.59 Å². The Labute approximate surface area is 171 Å². The van der Waals surface area contributed by atoms with Crippen LogP contribution < -0.4 is 10.1 Å². The molecule has 0 bridgehead atoms. The second-order valence-electron chi connectivity index (χ2n) is 7.26. The Balaban J connectivity index is 1.88. The molecule has 29 heavy (non-hydrogen) atoms. The number of ether oxygens (including phenoxy) is 1. The predicted molar refractivity (Wildman–Crippen MR) is 112 cm³/mol. The molecule has 2 amide bonds. The number of rotatable bonds is 7. The minimum absolute atomic E-state index is 0.0127. The van der Waals surface area contributed by atoms with Gasteiger partial charge in [0.2, 0.25) is 11.8 Å². The predicted octanol–water partition coefficient (Wildman–Crippen LogP) is 2.56. The maximum absolute atomic E-state index is 12.4. The van der Waals surface area contributed by atoms with Crippen molar-refractivity contribution in [1.82, 2.24) is 10.2 Å². The average Bonchev–Trinajstić information content (AvgIpc) is 2.73. The Morgan fingerprint density at radius 3 is 2.38 bits per heavy atom. The SMILES string of the molecule is CCC(=O)N1[C@H](CO)[C@H](c2ccc(-c3ccccc3OC)cc2)[C@H]1CNC(C)=O. The van der Waals surface area contributed by atoms with Gasteiger partial charge in [0.25, 0.3) is 0 Å². The molecule has 6 heteroatoms. The fourth-order valence-electron chi connectivity index (χ4n) is 4.19. The summed E-state index contributed by atoms with van der Waals surface area (Å²) in [5.74, 6) is 0.627. The molecule has 2 aromatic carbocycles. The van der Waals surface area contributed by atoms with Crippen LogP contribution in [-0.4, -0.2) is 54.2 Å². The third kappa shape index (κ3) is 4.12. The van der Waals surface area contributed by atoms with Gasteiger partial charge in [-0.05, 0) is 17.2 Å². The van der Waals surface area contributed by atoms with Crippen molar-refractivity contribution in [2.24, 2.45) is 0 Å². The number of methoxy groups -OCH3 is 1. The topological polar surface area (TPSA) is 78.9 Å². The van der Waals surface area contributed by atoms with Gasteiger partial charge in [0.05, 0.1) is 25.8 Å². The summed E-state index contributed by atoms with van der Waals surface area (Å²) in [6.45, 7) is 3.53. The number of likely N-dealkylation sites (tertiary alicyclic amines) is 1. The summed E-state index contributed by atoms with van der Waals surface area (Å²) in [6, 6.07) is 15.5. The number of nitrogens with one attached hydrogen (secondary N) is 1. The van der Waals surface area contributed by atoms with Crippen molar-refractivity contribution in [2.75, 3.05) is 20.3 Å². The van der Waals surface area contributed by atoms with Crippen molar-refractivity contribution < 1.29 is 19.4 Å². The Bertz CT molecular complexity index is 865. The first-order valence-electron chi connectivity index (χ1n) is 9.91. The maximum Gasteiger partial charge on any atom is 0.222 e. The van der Waals surface area contributed by atoms with E-state index in [4.69, 9.17) is 4.74 Å². The highest BCUT2D eigenvalue weighted by molar-refractivity contribution is 5.79. The van der Waals surface area contributed by atoms with E-state index in [1.165, 1.54) is 6.92 Å². The van der Waals surface area contributed by atoms with Crippen LogP contribution in [0.15, 0.2) is 48.5 Å². The monoisotopic (exact) mass is 396 g/mol. The van der Waals surface area contributed by atoms with Crippen LogP contribution in [0, 0.1) is 0 Å². The van der Waals surface area contributed by atoms with Crippen LogP contribution in [0.2, 0.25) is 0 Å². The molecular formula is C23H28N2O4. The smallest absolute Gasteiger partial charge is 0.222 e. The fraction of sp³-hybridized carbons (Fsp3) is 0.391. The second kappa shape index (κ2) is 9.09. The molecule has 3 atom stereocenters. The van der Waals surface area contributed by atoms with Crippen LogP contribution in [0.1, 0.15) is 31.7 Å². The molecule has 1 heterocycles. The van der Waals surface area contributed by atoms with Crippen molar-refractivity contribution >= 4 is 11.8 Å². The minimum atomic E-state index is -0.279. The second-order valence-corrected chi connectivity index (χ2v) is 7.26. The van der Waals surface area contributed by atoms with Gasteiger partial charge in [0.15, 0.2) is 0 Å². The Morgan fingerprint density at radius 1 is 1.10 bits per heavy atom. The highest BCUT2D eigenvalue weighted by Gasteiger charge is 2.50. The van der Waals surface area contributed by atoms with Crippen LogP contribution in [0.4, 0.5) is 0 Å². The van der Waals surface area contributed by atoms with E-state index in [0.29, 0.717) is 13.0 Å². The van der Waals surface area contributed by atoms with Crippen molar-refractivity contribution in [2.45, 2.75) is 38.3 Å². The molecule has 2 N–H and O–H groups in total. The summed E-state index contributed by atoms with van der Waals surface area (Å²) < 4.78 is 5.45. The summed E-state index contributed by atoms with van der Waals surface area (Å²) >= 11 is 0. The molecule has 154 valence electrons. The van der Waals surface area contributed by atoms with Crippen molar-refractivity contribution in [1.29, 1.82) is 0 Å². The van der Waals surface area contributed by atoms with Crippen molar-refractivity contribution in [3.63, 3.8) is 0 Å². The van der Waals surface area contributed by atoms with Gasteiger partial charge in [-0.3, -0.25) is 9.59 Å². The highest BCUT2D eigenvalue weighted by atomic mass is 16.5. The summed E-state index contributed by atoms with van der Waals surface area (Å²) in [5.41, 5.74) is 3.08. The Morgan fingerprint density at radius 2 is 1.79 bits per heavy atom. The van der Waals surface area contributed by atoms with Crippen LogP contribution in [0.5, 0.6) is 5.75 Å². The van der Waals surface area contributed by atoms with E-state index in [0.717, 1.165) is 22.4 Å². The lowest BCUT2D eigenvalue weighted by Gasteiger charge is -2.55. The quantitative estimate of drug-likeness (QED) is 0.754. The molecule has 0 spiro atoms. The third-order valence-electron chi connectivity index (χ3n) is 5.59. The molecule has 0 radical (unpaired) electrons. The van der Waals surface area contributed by atoms with E-state index in [1.54, 1.807) is 12.0 Å². The van der Waals surface area contributed by atoms with Crippen molar-refractivity contribution in [3.05, 3.63) is 54.1 Å². The molecule has 0 aliphatic carbocycles. The largest absolute Gasteiger partial charge is 0.496 e. The van der Waals surface area contributed by atoms with E-state index in [2.05, 4.69) is 5.32 Å². The standard InChI is InChI=1S/C23H28N2O4/c1-4-22(28)25-19(13-24-15(2)27)23(20(25)14-26)17-11-9-16(10-12-17)18-7-5-6-8-21(18)29-3/h5-12,19-20,23,26H,4,13-14H2,1-3H3,(H,24,27)/t19-,20-,23-/m1/s1. The Kier molecular flexibility index (Phi) is 6.54. The zero-order valence-corrected chi connectivity index (χ0v) is 17.1. The molecule has 1 saturated heterocycles. The van der Waals surface area contributed by atoms with E-state index in [-0.39, 0.29) is 36.4 Å². The molecule has 2 aromatic rings. The lowest BCUT2D eigenvalue weighted by molar-refractivity contribution is -0.150. The van der Waals surface area contributed by atoms with E-state index < -0.39 is 0 Å². The lowest BCUT2D eigenvalue weighted by Crippen LogP contribution is -2.68. The summed E-state index contributed by atoms with van der Waals surface area (Å²) in [7, 11) is 1.65. The normalized spacial score (nSPS) is 20.7. The fourth-order valence-corrected chi connectivity index (χ4v) is 4.19. The number of carbonyl (C=O) groups excluding carboxylic acids is 2.